The van der Waals surface area contributed by atoms with E-state index >= 15 is 0 Å². The normalized spacial score (nSPS) is 22.4. The first kappa shape index (κ1) is 19.2. The van der Waals surface area contributed by atoms with Crippen molar-refractivity contribution in [2.24, 2.45) is 5.92 Å². The van der Waals surface area contributed by atoms with Crippen molar-refractivity contribution in [1.29, 1.82) is 0 Å². The molecule has 7 heteroatoms. The monoisotopic (exact) mass is 394 g/mol. The summed E-state index contributed by atoms with van der Waals surface area (Å²) in [6.45, 7) is 3.33. The molecule has 2 aliphatic heterocycles. The quantitative estimate of drug-likeness (QED) is 0.856. The van der Waals surface area contributed by atoms with Crippen LogP contribution in [-0.2, 0) is 9.59 Å². The SMILES string of the molecule is O=C(O)C1CCCN(c2ccccc2)C1C(=O)N1CCN(c2ccncc2)CC1. The Bertz CT molecular complexity index is 838. The number of carboxylic acid groups (broad SMARTS) is 1. The van der Waals surface area contributed by atoms with E-state index in [1.54, 1.807) is 12.4 Å². The summed E-state index contributed by atoms with van der Waals surface area (Å²) >= 11 is 0. The summed E-state index contributed by atoms with van der Waals surface area (Å²) in [6, 6.07) is 13.0. The van der Waals surface area contributed by atoms with Gasteiger partial charge in [-0.25, -0.2) is 0 Å². The fourth-order valence-electron chi connectivity index (χ4n) is 4.40. The Labute approximate surface area is 170 Å². The zero-order valence-corrected chi connectivity index (χ0v) is 16.4. The van der Waals surface area contributed by atoms with Crippen molar-refractivity contribution in [2.75, 3.05) is 42.5 Å². The third-order valence-electron chi connectivity index (χ3n) is 5.91. The Morgan fingerprint density at radius 2 is 1.59 bits per heavy atom. The van der Waals surface area contributed by atoms with Crippen LogP contribution in [0.5, 0.6) is 0 Å². The molecular weight excluding hydrogens is 368 g/mol. The van der Waals surface area contributed by atoms with Crippen LogP contribution in [0, 0.1) is 5.92 Å². The lowest BCUT2D eigenvalue weighted by Gasteiger charge is -2.44. The lowest BCUT2D eigenvalue weighted by molar-refractivity contribution is -0.148. The lowest BCUT2D eigenvalue weighted by Crippen LogP contribution is -2.60. The van der Waals surface area contributed by atoms with Crippen molar-refractivity contribution < 1.29 is 14.7 Å². The third kappa shape index (κ3) is 4.04. The molecule has 29 heavy (non-hydrogen) atoms. The number of anilines is 2. The second-order valence-corrected chi connectivity index (χ2v) is 7.58. The van der Waals surface area contributed by atoms with Gasteiger partial charge in [0.2, 0.25) is 5.91 Å². The van der Waals surface area contributed by atoms with Crippen LogP contribution in [0.1, 0.15) is 12.8 Å². The second kappa shape index (κ2) is 8.51. The van der Waals surface area contributed by atoms with Crippen LogP contribution in [-0.4, -0.2) is 65.6 Å². The van der Waals surface area contributed by atoms with Crippen LogP contribution in [0.15, 0.2) is 54.9 Å². The number of nitrogens with zero attached hydrogens (tertiary/aromatic N) is 4. The van der Waals surface area contributed by atoms with Gasteiger partial charge in [-0.1, -0.05) is 18.2 Å². The van der Waals surface area contributed by atoms with E-state index in [0.29, 0.717) is 26.1 Å². The van der Waals surface area contributed by atoms with Crippen molar-refractivity contribution >= 4 is 23.3 Å². The number of carbonyl (C=O) groups is 2. The number of hydrogen-bond acceptors (Lipinski definition) is 5. The molecule has 3 heterocycles. The highest BCUT2D eigenvalue weighted by Crippen LogP contribution is 2.31. The first-order chi connectivity index (χ1) is 14.1. The summed E-state index contributed by atoms with van der Waals surface area (Å²) in [5.74, 6) is -1.65. The molecule has 1 aromatic carbocycles. The van der Waals surface area contributed by atoms with E-state index in [1.165, 1.54) is 0 Å². The number of aliphatic carboxylic acids is 1. The maximum atomic E-state index is 13.5. The molecule has 0 spiro atoms. The van der Waals surface area contributed by atoms with E-state index in [1.807, 2.05) is 52.3 Å². The fourth-order valence-corrected chi connectivity index (χ4v) is 4.40. The number of rotatable bonds is 4. The smallest absolute Gasteiger partial charge is 0.309 e. The second-order valence-electron chi connectivity index (χ2n) is 7.58. The number of piperazine rings is 1. The number of amides is 1. The van der Waals surface area contributed by atoms with Gasteiger partial charge in [0.15, 0.2) is 0 Å². The van der Waals surface area contributed by atoms with E-state index in [4.69, 9.17) is 0 Å². The van der Waals surface area contributed by atoms with Gasteiger partial charge in [0, 0.05) is 56.5 Å². The lowest BCUT2D eigenvalue weighted by atomic mass is 9.87. The average molecular weight is 394 g/mol. The largest absolute Gasteiger partial charge is 0.481 e. The van der Waals surface area contributed by atoms with E-state index in [9.17, 15) is 14.7 Å². The molecule has 152 valence electrons. The number of piperidine rings is 1. The van der Waals surface area contributed by atoms with Gasteiger partial charge in [0.05, 0.1) is 5.92 Å². The Morgan fingerprint density at radius 3 is 2.24 bits per heavy atom. The molecule has 1 N–H and O–H groups in total. The molecule has 0 radical (unpaired) electrons. The summed E-state index contributed by atoms with van der Waals surface area (Å²) in [5.41, 5.74) is 2.01. The van der Waals surface area contributed by atoms with Gasteiger partial charge in [-0.15, -0.1) is 0 Å². The van der Waals surface area contributed by atoms with E-state index in [-0.39, 0.29) is 5.91 Å². The minimum atomic E-state index is -0.889. The van der Waals surface area contributed by atoms with Crippen molar-refractivity contribution in [3.05, 3.63) is 54.9 Å². The van der Waals surface area contributed by atoms with Crippen LogP contribution < -0.4 is 9.80 Å². The summed E-state index contributed by atoms with van der Waals surface area (Å²) in [6.07, 6.45) is 4.84. The predicted molar refractivity (Wildman–Crippen MR) is 111 cm³/mol. The summed E-state index contributed by atoms with van der Waals surface area (Å²) in [4.78, 5) is 35.5. The molecule has 1 amide bonds. The topological polar surface area (TPSA) is 77.0 Å². The highest BCUT2D eigenvalue weighted by molar-refractivity contribution is 5.91. The Balaban J connectivity index is 1.52. The molecule has 1 aromatic heterocycles. The summed E-state index contributed by atoms with van der Waals surface area (Å²) < 4.78 is 0. The molecule has 4 rings (SSSR count). The zero-order chi connectivity index (χ0) is 20.2. The average Bonchev–Trinajstić information content (AvgIpc) is 2.79. The van der Waals surface area contributed by atoms with E-state index in [0.717, 1.165) is 30.9 Å². The van der Waals surface area contributed by atoms with Gasteiger partial charge in [-0.05, 0) is 37.1 Å². The van der Waals surface area contributed by atoms with Gasteiger partial charge in [0.1, 0.15) is 6.04 Å². The number of carbonyl (C=O) groups excluding carboxylic acids is 1. The van der Waals surface area contributed by atoms with E-state index in [2.05, 4.69) is 9.88 Å². The van der Waals surface area contributed by atoms with Crippen LogP contribution >= 0.6 is 0 Å². The van der Waals surface area contributed by atoms with Gasteiger partial charge in [-0.2, -0.15) is 0 Å². The molecular formula is C22H26N4O3. The molecule has 2 unspecified atom stereocenters. The molecule has 0 bridgehead atoms. The third-order valence-corrected chi connectivity index (χ3v) is 5.91. The summed E-state index contributed by atoms with van der Waals surface area (Å²) in [5, 5.41) is 9.80. The molecule has 2 saturated heterocycles. The van der Waals surface area contributed by atoms with Crippen LogP contribution in [0.2, 0.25) is 0 Å². The maximum Gasteiger partial charge on any atom is 0.309 e. The van der Waals surface area contributed by atoms with Crippen molar-refractivity contribution in [3.63, 3.8) is 0 Å². The summed E-state index contributed by atoms with van der Waals surface area (Å²) in [7, 11) is 0. The molecule has 2 fully saturated rings. The molecule has 2 aliphatic rings. The molecule has 0 aliphatic carbocycles. The minimum absolute atomic E-state index is 0.0738. The zero-order valence-electron chi connectivity index (χ0n) is 16.4. The first-order valence-corrected chi connectivity index (χ1v) is 10.1. The van der Waals surface area contributed by atoms with Crippen molar-refractivity contribution in [1.82, 2.24) is 9.88 Å². The molecule has 7 nitrogen and oxygen atoms in total. The van der Waals surface area contributed by atoms with Gasteiger partial charge < -0.3 is 19.8 Å². The molecule has 0 saturated carbocycles. The van der Waals surface area contributed by atoms with Gasteiger partial charge >= 0.3 is 5.97 Å². The fraction of sp³-hybridized carbons (Fsp3) is 0.409. The predicted octanol–water partition coefficient (Wildman–Crippen LogP) is 2.10. The first-order valence-electron chi connectivity index (χ1n) is 10.1. The van der Waals surface area contributed by atoms with Crippen LogP contribution in [0.4, 0.5) is 11.4 Å². The number of para-hydroxylation sites is 1. The highest BCUT2D eigenvalue weighted by atomic mass is 16.4. The van der Waals surface area contributed by atoms with Crippen LogP contribution in [0.25, 0.3) is 0 Å². The number of pyridine rings is 1. The Morgan fingerprint density at radius 1 is 0.897 bits per heavy atom. The van der Waals surface area contributed by atoms with Gasteiger partial charge in [0.25, 0.3) is 0 Å². The number of benzene rings is 1. The Kier molecular flexibility index (Phi) is 5.64. The molecule has 2 aromatic rings. The van der Waals surface area contributed by atoms with Crippen molar-refractivity contribution in [2.45, 2.75) is 18.9 Å². The number of hydrogen-bond donors (Lipinski definition) is 1. The van der Waals surface area contributed by atoms with Crippen LogP contribution in [0.3, 0.4) is 0 Å². The molecule has 2 atom stereocenters. The van der Waals surface area contributed by atoms with Crippen molar-refractivity contribution in [3.8, 4) is 0 Å². The Hall–Kier alpha value is -3.09. The van der Waals surface area contributed by atoms with Gasteiger partial charge in [-0.3, -0.25) is 14.6 Å². The number of carboxylic acids is 1. The minimum Gasteiger partial charge on any atom is -0.481 e. The number of aromatic nitrogens is 1. The van der Waals surface area contributed by atoms with E-state index < -0.39 is 17.9 Å². The standard InChI is InChI=1S/C22H26N4O3/c27-21(25-15-13-24(14-16-25)17-8-10-23-11-9-17)20-19(22(28)29)7-4-12-26(20)18-5-2-1-3-6-18/h1-3,5-6,8-11,19-20H,4,7,12-16H2,(H,28,29). The maximum absolute atomic E-state index is 13.5. The highest BCUT2D eigenvalue weighted by Gasteiger charge is 2.43.